The Labute approximate surface area is 102 Å². The van der Waals surface area contributed by atoms with Gasteiger partial charge in [-0.05, 0) is 43.0 Å². The molecule has 1 heterocycles. The predicted octanol–water partition coefficient (Wildman–Crippen LogP) is 2.91. The van der Waals surface area contributed by atoms with Crippen molar-refractivity contribution in [2.24, 2.45) is 0 Å². The lowest BCUT2D eigenvalue weighted by Crippen LogP contribution is -2.30. The molecule has 0 spiro atoms. The van der Waals surface area contributed by atoms with Gasteiger partial charge in [0.15, 0.2) is 0 Å². The predicted molar refractivity (Wildman–Crippen MR) is 68.0 cm³/mol. The number of hydrogen-bond acceptors (Lipinski definition) is 2. The molecule has 1 aliphatic heterocycles. The number of hydrogen-bond donors (Lipinski definition) is 1. The SMILES string of the molecule is CC(CO)c1cc(F)ccc1N1CCCCC1. The van der Waals surface area contributed by atoms with Crippen LogP contribution in [0.3, 0.4) is 0 Å². The van der Waals surface area contributed by atoms with Crippen molar-refractivity contribution in [3.8, 4) is 0 Å². The maximum Gasteiger partial charge on any atom is 0.123 e. The lowest BCUT2D eigenvalue weighted by atomic mass is 9.98. The molecule has 0 bridgehead atoms. The summed E-state index contributed by atoms with van der Waals surface area (Å²) in [5.74, 6) is -0.233. The molecule has 1 saturated heterocycles. The van der Waals surface area contributed by atoms with E-state index in [0.29, 0.717) is 0 Å². The molecule has 1 aliphatic rings. The summed E-state index contributed by atoms with van der Waals surface area (Å²) in [4.78, 5) is 2.31. The van der Waals surface area contributed by atoms with Gasteiger partial charge < -0.3 is 10.0 Å². The maximum absolute atomic E-state index is 13.3. The number of halogens is 1. The van der Waals surface area contributed by atoms with Crippen LogP contribution < -0.4 is 4.90 Å². The number of benzene rings is 1. The zero-order chi connectivity index (χ0) is 12.3. The molecule has 0 amide bonds. The van der Waals surface area contributed by atoms with Crippen LogP contribution in [0.4, 0.5) is 10.1 Å². The van der Waals surface area contributed by atoms with Gasteiger partial charge >= 0.3 is 0 Å². The van der Waals surface area contributed by atoms with E-state index in [9.17, 15) is 9.50 Å². The Hall–Kier alpha value is -1.09. The number of aliphatic hydroxyl groups is 1. The van der Waals surface area contributed by atoms with Crippen LogP contribution in [-0.4, -0.2) is 24.8 Å². The number of aliphatic hydroxyl groups excluding tert-OH is 1. The van der Waals surface area contributed by atoms with E-state index in [1.54, 1.807) is 6.07 Å². The van der Waals surface area contributed by atoms with Crippen LogP contribution in [0.1, 0.15) is 37.7 Å². The van der Waals surface area contributed by atoms with Crippen LogP contribution in [0.2, 0.25) is 0 Å². The fourth-order valence-electron chi connectivity index (χ4n) is 2.44. The first-order valence-corrected chi connectivity index (χ1v) is 6.37. The number of nitrogens with zero attached hydrogens (tertiary/aromatic N) is 1. The third-order valence-electron chi connectivity index (χ3n) is 3.49. The molecule has 0 radical (unpaired) electrons. The van der Waals surface area contributed by atoms with Gasteiger partial charge in [0.1, 0.15) is 5.82 Å². The second-order valence-electron chi connectivity index (χ2n) is 4.83. The highest BCUT2D eigenvalue weighted by atomic mass is 19.1. The van der Waals surface area contributed by atoms with E-state index >= 15 is 0 Å². The van der Waals surface area contributed by atoms with Crippen molar-refractivity contribution in [3.63, 3.8) is 0 Å². The molecule has 94 valence electrons. The Morgan fingerprint density at radius 3 is 2.65 bits per heavy atom. The molecule has 3 heteroatoms. The van der Waals surface area contributed by atoms with Crippen molar-refractivity contribution < 1.29 is 9.50 Å². The zero-order valence-electron chi connectivity index (χ0n) is 10.3. The van der Waals surface area contributed by atoms with E-state index in [-0.39, 0.29) is 18.3 Å². The molecule has 1 unspecified atom stereocenters. The summed E-state index contributed by atoms with van der Waals surface area (Å²) in [6.45, 7) is 4.07. The van der Waals surface area contributed by atoms with Crippen LogP contribution in [0.15, 0.2) is 18.2 Å². The summed E-state index contributed by atoms with van der Waals surface area (Å²) < 4.78 is 13.3. The van der Waals surface area contributed by atoms with E-state index in [2.05, 4.69) is 4.90 Å². The second-order valence-corrected chi connectivity index (χ2v) is 4.83. The quantitative estimate of drug-likeness (QED) is 0.873. The molecular weight excluding hydrogens is 217 g/mol. The summed E-state index contributed by atoms with van der Waals surface area (Å²) in [6, 6.07) is 4.92. The standard InChI is InChI=1S/C14H20FNO/c1-11(10-17)13-9-12(15)5-6-14(13)16-7-3-2-4-8-16/h5-6,9,11,17H,2-4,7-8,10H2,1H3. The minimum absolute atomic E-state index is 0.0115. The van der Waals surface area contributed by atoms with Gasteiger partial charge in [-0.2, -0.15) is 0 Å². The van der Waals surface area contributed by atoms with Gasteiger partial charge in [-0.25, -0.2) is 4.39 Å². The summed E-state index contributed by atoms with van der Waals surface area (Å²) in [5.41, 5.74) is 2.02. The van der Waals surface area contributed by atoms with Crippen LogP contribution >= 0.6 is 0 Å². The molecule has 2 nitrogen and oxygen atoms in total. The number of rotatable bonds is 3. The highest BCUT2D eigenvalue weighted by Gasteiger charge is 2.17. The molecule has 1 fully saturated rings. The highest BCUT2D eigenvalue weighted by Crippen LogP contribution is 2.30. The van der Waals surface area contributed by atoms with Crippen molar-refractivity contribution in [3.05, 3.63) is 29.6 Å². The van der Waals surface area contributed by atoms with Crippen molar-refractivity contribution in [2.75, 3.05) is 24.6 Å². The summed E-state index contributed by atoms with van der Waals surface area (Å²) in [7, 11) is 0. The molecule has 1 aromatic rings. The Balaban J connectivity index is 2.30. The Kier molecular flexibility index (Phi) is 4.00. The van der Waals surface area contributed by atoms with Crippen molar-refractivity contribution in [1.82, 2.24) is 0 Å². The van der Waals surface area contributed by atoms with Gasteiger partial charge in [-0.1, -0.05) is 6.92 Å². The van der Waals surface area contributed by atoms with Gasteiger partial charge in [0.05, 0.1) is 0 Å². The van der Waals surface area contributed by atoms with Gasteiger partial charge in [-0.15, -0.1) is 0 Å². The molecule has 2 rings (SSSR count). The molecule has 0 aliphatic carbocycles. The third-order valence-corrected chi connectivity index (χ3v) is 3.49. The van der Waals surface area contributed by atoms with Crippen LogP contribution in [0.5, 0.6) is 0 Å². The van der Waals surface area contributed by atoms with Crippen molar-refractivity contribution >= 4 is 5.69 Å². The topological polar surface area (TPSA) is 23.5 Å². The van der Waals surface area contributed by atoms with Gasteiger partial charge in [0.2, 0.25) is 0 Å². The first-order chi connectivity index (χ1) is 8.22. The van der Waals surface area contributed by atoms with Gasteiger partial charge in [-0.3, -0.25) is 0 Å². The highest BCUT2D eigenvalue weighted by molar-refractivity contribution is 5.55. The summed E-state index contributed by atoms with van der Waals surface area (Å²) in [6.07, 6.45) is 3.68. The Morgan fingerprint density at radius 2 is 2.00 bits per heavy atom. The fourth-order valence-corrected chi connectivity index (χ4v) is 2.44. The first kappa shape index (κ1) is 12.4. The summed E-state index contributed by atoms with van der Waals surface area (Å²) >= 11 is 0. The van der Waals surface area contributed by atoms with E-state index in [1.165, 1.54) is 25.3 Å². The Morgan fingerprint density at radius 1 is 1.29 bits per heavy atom. The third kappa shape index (κ3) is 2.78. The molecule has 0 aromatic heterocycles. The van der Waals surface area contributed by atoms with Crippen LogP contribution in [0.25, 0.3) is 0 Å². The monoisotopic (exact) mass is 237 g/mol. The minimum Gasteiger partial charge on any atom is -0.396 e. The lowest BCUT2D eigenvalue weighted by molar-refractivity contribution is 0.273. The molecule has 1 aromatic carbocycles. The minimum atomic E-state index is -0.221. The average Bonchev–Trinajstić information content (AvgIpc) is 2.38. The average molecular weight is 237 g/mol. The smallest absolute Gasteiger partial charge is 0.123 e. The fraction of sp³-hybridized carbons (Fsp3) is 0.571. The van der Waals surface area contributed by atoms with E-state index < -0.39 is 0 Å². The first-order valence-electron chi connectivity index (χ1n) is 6.37. The second kappa shape index (κ2) is 5.50. The Bertz CT molecular complexity index is 374. The van der Waals surface area contributed by atoms with Crippen molar-refractivity contribution in [1.29, 1.82) is 0 Å². The van der Waals surface area contributed by atoms with Gasteiger partial charge in [0, 0.05) is 31.3 Å². The number of piperidine rings is 1. The van der Waals surface area contributed by atoms with E-state index in [4.69, 9.17) is 0 Å². The molecule has 17 heavy (non-hydrogen) atoms. The lowest BCUT2D eigenvalue weighted by Gasteiger charge is -2.31. The molecule has 0 saturated carbocycles. The van der Waals surface area contributed by atoms with Crippen LogP contribution in [0, 0.1) is 5.82 Å². The zero-order valence-corrected chi connectivity index (χ0v) is 10.3. The summed E-state index contributed by atoms with van der Waals surface area (Å²) in [5, 5.41) is 9.26. The molecular formula is C14H20FNO. The van der Waals surface area contributed by atoms with E-state index in [0.717, 1.165) is 24.3 Å². The van der Waals surface area contributed by atoms with Crippen molar-refractivity contribution in [2.45, 2.75) is 32.1 Å². The van der Waals surface area contributed by atoms with Crippen LogP contribution in [-0.2, 0) is 0 Å². The largest absolute Gasteiger partial charge is 0.396 e. The molecule has 1 N–H and O–H groups in total. The normalized spacial score (nSPS) is 18.2. The van der Waals surface area contributed by atoms with E-state index in [1.807, 2.05) is 13.0 Å². The number of anilines is 1. The maximum atomic E-state index is 13.3. The van der Waals surface area contributed by atoms with Gasteiger partial charge in [0.25, 0.3) is 0 Å². The molecule has 1 atom stereocenters.